The van der Waals surface area contributed by atoms with Gasteiger partial charge in [0.15, 0.2) is 5.96 Å². The van der Waals surface area contributed by atoms with Gasteiger partial charge in [0.25, 0.3) is 0 Å². The maximum Gasteiger partial charge on any atom is 0.191 e. The normalized spacial score (nSPS) is 11.6. The number of hydrogen-bond donors (Lipinski definition) is 2. The highest BCUT2D eigenvalue weighted by Gasteiger charge is 2.02. The lowest BCUT2D eigenvalue weighted by molar-refractivity contribution is 0.570. The first-order valence-electron chi connectivity index (χ1n) is 8.69. The largest absolute Gasteiger partial charge is 0.357 e. The van der Waals surface area contributed by atoms with Gasteiger partial charge in [0.1, 0.15) is 0 Å². The van der Waals surface area contributed by atoms with E-state index in [1.165, 1.54) is 5.39 Å². The Morgan fingerprint density at radius 3 is 2.88 bits per heavy atom. The smallest absolute Gasteiger partial charge is 0.191 e. The number of fused-ring (bicyclic) bond motifs is 1. The molecule has 1 aromatic carbocycles. The van der Waals surface area contributed by atoms with Gasteiger partial charge in [0.2, 0.25) is 0 Å². The van der Waals surface area contributed by atoms with Crippen LogP contribution in [0.25, 0.3) is 10.8 Å². The Morgan fingerprint density at radius 2 is 2.04 bits per heavy atom. The molecule has 0 aliphatic rings. The third kappa shape index (κ3) is 4.79. The van der Waals surface area contributed by atoms with Crippen LogP contribution in [0.15, 0.2) is 60.0 Å². The minimum Gasteiger partial charge on any atom is -0.357 e. The first-order valence-corrected chi connectivity index (χ1v) is 8.69. The lowest BCUT2D eigenvalue weighted by atomic mass is 10.1. The zero-order valence-electron chi connectivity index (χ0n) is 14.5. The predicted molar refractivity (Wildman–Crippen MR) is 101 cm³/mol. The summed E-state index contributed by atoms with van der Waals surface area (Å²) in [6, 6.07) is 12.2. The number of rotatable bonds is 7. The molecule has 0 saturated heterocycles. The first-order chi connectivity index (χ1) is 12.4. The van der Waals surface area contributed by atoms with E-state index >= 15 is 0 Å². The second-order valence-corrected chi connectivity index (χ2v) is 5.72. The van der Waals surface area contributed by atoms with Crippen LogP contribution in [0, 0.1) is 0 Å². The molecule has 25 heavy (non-hydrogen) atoms. The molecule has 0 atom stereocenters. The number of guanidine groups is 1. The third-order valence-electron chi connectivity index (χ3n) is 3.90. The van der Waals surface area contributed by atoms with Crippen molar-refractivity contribution in [1.29, 1.82) is 0 Å². The van der Waals surface area contributed by atoms with Gasteiger partial charge in [0, 0.05) is 43.6 Å². The van der Waals surface area contributed by atoms with E-state index in [-0.39, 0.29) is 0 Å². The zero-order valence-corrected chi connectivity index (χ0v) is 14.5. The van der Waals surface area contributed by atoms with Crippen LogP contribution in [0.3, 0.4) is 0 Å². The van der Waals surface area contributed by atoms with Gasteiger partial charge in [-0.25, -0.2) is 4.99 Å². The second-order valence-electron chi connectivity index (χ2n) is 5.72. The lowest BCUT2D eigenvalue weighted by Gasteiger charge is -2.11. The van der Waals surface area contributed by atoms with Crippen molar-refractivity contribution < 1.29 is 0 Å². The fourth-order valence-corrected chi connectivity index (χ4v) is 2.68. The number of nitrogens with zero attached hydrogens (tertiary/aromatic N) is 4. The summed E-state index contributed by atoms with van der Waals surface area (Å²) in [5.74, 6) is 0.817. The lowest BCUT2D eigenvalue weighted by Crippen LogP contribution is -2.38. The Kier molecular flexibility index (Phi) is 5.98. The number of aryl methyl sites for hydroxylation is 1. The molecule has 3 rings (SSSR count). The zero-order chi connectivity index (χ0) is 17.3. The monoisotopic (exact) mass is 336 g/mol. The number of hydrogen-bond acceptors (Lipinski definition) is 3. The van der Waals surface area contributed by atoms with Gasteiger partial charge in [-0.05, 0) is 30.9 Å². The van der Waals surface area contributed by atoms with Crippen LogP contribution in [0.2, 0.25) is 0 Å². The van der Waals surface area contributed by atoms with Crippen molar-refractivity contribution >= 4 is 16.7 Å². The summed E-state index contributed by atoms with van der Waals surface area (Å²) in [7, 11) is 0. The molecular weight excluding hydrogens is 312 g/mol. The van der Waals surface area contributed by atoms with E-state index in [1.807, 2.05) is 41.3 Å². The number of aliphatic imine (C=N–C) groups is 1. The fraction of sp³-hybridized carbons (Fsp3) is 0.316. The standard InChI is InChI=1S/C19H24N6/c1-2-20-19(22-10-5-13-25-14-6-11-24-25)23-15-18-17-8-4-3-7-16(17)9-12-21-18/h3-4,6-9,11-12,14H,2,5,10,13,15H2,1H3,(H2,20,22,23). The average Bonchev–Trinajstić information content (AvgIpc) is 3.16. The van der Waals surface area contributed by atoms with Crippen molar-refractivity contribution in [1.82, 2.24) is 25.4 Å². The molecule has 6 nitrogen and oxygen atoms in total. The first kappa shape index (κ1) is 17.0. The average molecular weight is 336 g/mol. The second kappa shape index (κ2) is 8.82. The highest BCUT2D eigenvalue weighted by atomic mass is 15.3. The Balaban J connectivity index is 1.59. The summed E-state index contributed by atoms with van der Waals surface area (Å²) in [6.45, 7) is 5.18. The van der Waals surface area contributed by atoms with Gasteiger partial charge in [0.05, 0.1) is 12.2 Å². The highest BCUT2D eigenvalue weighted by molar-refractivity contribution is 5.85. The van der Waals surface area contributed by atoms with Crippen molar-refractivity contribution in [3.63, 3.8) is 0 Å². The van der Waals surface area contributed by atoms with E-state index in [0.29, 0.717) is 6.54 Å². The molecule has 0 spiro atoms. The van der Waals surface area contributed by atoms with E-state index in [2.05, 4.69) is 44.8 Å². The number of benzene rings is 1. The number of aromatic nitrogens is 3. The van der Waals surface area contributed by atoms with Crippen molar-refractivity contribution in [2.75, 3.05) is 13.1 Å². The maximum atomic E-state index is 4.68. The van der Waals surface area contributed by atoms with Gasteiger partial charge in [-0.3, -0.25) is 9.67 Å². The third-order valence-corrected chi connectivity index (χ3v) is 3.90. The van der Waals surface area contributed by atoms with Gasteiger partial charge in [-0.1, -0.05) is 24.3 Å². The molecule has 0 aliphatic heterocycles. The molecule has 0 amide bonds. The van der Waals surface area contributed by atoms with Crippen LogP contribution in [0.5, 0.6) is 0 Å². The van der Waals surface area contributed by atoms with Crippen LogP contribution in [-0.4, -0.2) is 33.8 Å². The summed E-state index contributed by atoms with van der Waals surface area (Å²) in [5.41, 5.74) is 0.992. The van der Waals surface area contributed by atoms with Crippen molar-refractivity contribution in [3.05, 3.63) is 60.7 Å². The number of pyridine rings is 1. The van der Waals surface area contributed by atoms with Crippen LogP contribution in [0.1, 0.15) is 19.0 Å². The Bertz CT molecular complexity index is 804. The van der Waals surface area contributed by atoms with Crippen LogP contribution < -0.4 is 10.6 Å². The molecule has 0 fully saturated rings. The molecule has 2 heterocycles. The summed E-state index contributed by atoms with van der Waals surface area (Å²) in [4.78, 5) is 9.17. The van der Waals surface area contributed by atoms with Gasteiger partial charge in [-0.15, -0.1) is 0 Å². The van der Waals surface area contributed by atoms with Gasteiger partial charge in [-0.2, -0.15) is 5.10 Å². The maximum absolute atomic E-state index is 4.68. The van der Waals surface area contributed by atoms with Crippen LogP contribution >= 0.6 is 0 Å². The van der Waals surface area contributed by atoms with E-state index in [0.717, 1.165) is 43.1 Å². The topological polar surface area (TPSA) is 67.1 Å². The number of nitrogens with one attached hydrogen (secondary N) is 2. The Labute approximate surface area is 148 Å². The molecule has 0 unspecified atom stereocenters. The molecule has 130 valence electrons. The molecular formula is C19H24N6. The molecule has 0 bridgehead atoms. The summed E-state index contributed by atoms with van der Waals surface area (Å²) >= 11 is 0. The summed E-state index contributed by atoms with van der Waals surface area (Å²) in [6.07, 6.45) is 6.61. The van der Waals surface area contributed by atoms with E-state index in [1.54, 1.807) is 6.20 Å². The van der Waals surface area contributed by atoms with Crippen molar-refractivity contribution in [2.45, 2.75) is 26.4 Å². The van der Waals surface area contributed by atoms with Crippen LogP contribution in [0.4, 0.5) is 0 Å². The highest BCUT2D eigenvalue weighted by Crippen LogP contribution is 2.16. The SMILES string of the molecule is CCNC(=NCc1nccc2ccccc12)NCCCn1cccn1. The van der Waals surface area contributed by atoms with E-state index in [4.69, 9.17) is 0 Å². The summed E-state index contributed by atoms with van der Waals surface area (Å²) < 4.78 is 1.94. The predicted octanol–water partition coefficient (Wildman–Crippen LogP) is 2.58. The Morgan fingerprint density at radius 1 is 1.12 bits per heavy atom. The van der Waals surface area contributed by atoms with E-state index < -0.39 is 0 Å². The molecule has 3 aromatic rings. The summed E-state index contributed by atoms with van der Waals surface area (Å²) in [5, 5.41) is 13.2. The molecule has 6 heteroatoms. The van der Waals surface area contributed by atoms with Crippen LogP contribution in [-0.2, 0) is 13.1 Å². The van der Waals surface area contributed by atoms with Gasteiger partial charge < -0.3 is 10.6 Å². The molecule has 0 radical (unpaired) electrons. The fourth-order valence-electron chi connectivity index (χ4n) is 2.68. The Hall–Kier alpha value is -2.89. The quantitative estimate of drug-likeness (QED) is 0.395. The minimum absolute atomic E-state index is 0.551. The minimum atomic E-state index is 0.551. The molecule has 0 saturated carbocycles. The van der Waals surface area contributed by atoms with Crippen molar-refractivity contribution in [3.8, 4) is 0 Å². The van der Waals surface area contributed by atoms with Gasteiger partial charge >= 0.3 is 0 Å². The van der Waals surface area contributed by atoms with Crippen molar-refractivity contribution in [2.24, 2.45) is 4.99 Å². The van der Waals surface area contributed by atoms with E-state index in [9.17, 15) is 0 Å². The molecule has 2 aromatic heterocycles. The molecule has 0 aliphatic carbocycles. The molecule has 2 N–H and O–H groups in total.